The Hall–Kier alpha value is -0.120. The first kappa shape index (κ1) is 14.9. The molecular formula is C12H28N2O. The molecule has 0 amide bonds. The Bertz CT molecular complexity index is 185. The highest BCUT2D eigenvalue weighted by Gasteiger charge is 2.26. The van der Waals surface area contributed by atoms with Crippen molar-refractivity contribution in [3.8, 4) is 0 Å². The van der Waals surface area contributed by atoms with Crippen molar-refractivity contribution in [2.75, 3.05) is 7.05 Å². The molecule has 0 spiro atoms. The SMILES string of the molecule is CNC(C)(C)C(C)CC(C)OC(C)(C)N. The molecule has 0 aliphatic carbocycles. The number of nitrogens with two attached hydrogens (primary N) is 1. The van der Waals surface area contributed by atoms with E-state index in [0.717, 1.165) is 6.42 Å². The third-order valence-corrected chi connectivity index (χ3v) is 3.07. The van der Waals surface area contributed by atoms with E-state index in [1.807, 2.05) is 20.9 Å². The van der Waals surface area contributed by atoms with Gasteiger partial charge in [-0.2, -0.15) is 0 Å². The van der Waals surface area contributed by atoms with Crippen LogP contribution in [0.5, 0.6) is 0 Å². The normalized spacial score (nSPS) is 17.6. The van der Waals surface area contributed by atoms with Crippen LogP contribution in [0, 0.1) is 5.92 Å². The number of hydrogen-bond donors (Lipinski definition) is 2. The van der Waals surface area contributed by atoms with Gasteiger partial charge in [-0.1, -0.05) is 6.92 Å². The predicted octanol–water partition coefficient (Wildman–Crippen LogP) is 2.11. The zero-order chi connectivity index (χ0) is 12.3. The zero-order valence-corrected chi connectivity index (χ0v) is 11.3. The van der Waals surface area contributed by atoms with Crippen LogP contribution < -0.4 is 11.1 Å². The van der Waals surface area contributed by atoms with E-state index in [-0.39, 0.29) is 11.6 Å². The molecule has 0 radical (unpaired) electrons. The molecule has 3 heteroatoms. The lowest BCUT2D eigenvalue weighted by Gasteiger charge is -2.34. The van der Waals surface area contributed by atoms with Gasteiger partial charge in [0.05, 0.1) is 6.10 Å². The van der Waals surface area contributed by atoms with Crippen molar-refractivity contribution in [2.45, 2.75) is 65.3 Å². The van der Waals surface area contributed by atoms with Crippen LogP contribution in [-0.2, 0) is 4.74 Å². The molecule has 0 saturated heterocycles. The molecular weight excluding hydrogens is 188 g/mol. The molecule has 3 nitrogen and oxygen atoms in total. The van der Waals surface area contributed by atoms with Crippen molar-refractivity contribution in [1.29, 1.82) is 0 Å². The van der Waals surface area contributed by atoms with Crippen LogP contribution in [-0.4, -0.2) is 24.4 Å². The molecule has 0 aliphatic heterocycles. The van der Waals surface area contributed by atoms with E-state index in [2.05, 4.69) is 33.0 Å². The molecule has 0 aromatic rings. The van der Waals surface area contributed by atoms with Crippen LogP contribution in [0.25, 0.3) is 0 Å². The lowest BCUT2D eigenvalue weighted by Crippen LogP contribution is -2.45. The van der Waals surface area contributed by atoms with E-state index >= 15 is 0 Å². The van der Waals surface area contributed by atoms with Gasteiger partial charge in [-0.3, -0.25) is 0 Å². The highest BCUT2D eigenvalue weighted by molar-refractivity contribution is 4.83. The minimum atomic E-state index is -0.539. The average molecular weight is 216 g/mol. The second-order valence-corrected chi connectivity index (χ2v) is 5.64. The van der Waals surface area contributed by atoms with Gasteiger partial charge in [0.1, 0.15) is 5.72 Å². The summed E-state index contributed by atoms with van der Waals surface area (Å²) in [6.45, 7) is 12.5. The van der Waals surface area contributed by atoms with Crippen molar-refractivity contribution in [1.82, 2.24) is 5.32 Å². The molecule has 2 atom stereocenters. The van der Waals surface area contributed by atoms with Crippen molar-refractivity contribution < 1.29 is 4.74 Å². The topological polar surface area (TPSA) is 47.3 Å². The molecule has 0 aliphatic rings. The van der Waals surface area contributed by atoms with Crippen molar-refractivity contribution >= 4 is 0 Å². The number of ether oxygens (including phenoxy) is 1. The Morgan fingerprint density at radius 1 is 1.20 bits per heavy atom. The third-order valence-electron chi connectivity index (χ3n) is 3.07. The van der Waals surface area contributed by atoms with Gasteiger partial charge < -0.3 is 15.8 Å². The van der Waals surface area contributed by atoms with Crippen molar-refractivity contribution in [3.05, 3.63) is 0 Å². The summed E-state index contributed by atoms with van der Waals surface area (Å²) in [5.41, 5.74) is 5.41. The summed E-state index contributed by atoms with van der Waals surface area (Å²) in [4.78, 5) is 0. The minimum absolute atomic E-state index is 0.135. The van der Waals surface area contributed by atoms with Gasteiger partial charge in [-0.05, 0) is 54.0 Å². The standard InChI is InChI=1S/C12H28N2O/c1-9(11(3,4)14-7)8-10(2)15-12(5,6)13/h9-10,14H,8,13H2,1-7H3. The summed E-state index contributed by atoms with van der Waals surface area (Å²) < 4.78 is 5.70. The van der Waals surface area contributed by atoms with Gasteiger partial charge in [0, 0.05) is 5.54 Å². The van der Waals surface area contributed by atoms with Crippen LogP contribution in [0.4, 0.5) is 0 Å². The minimum Gasteiger partial charge on any atom is -0.359 e. The van der Waals surface area contributed by atoms with E-state index < -0.39 is 5.72 Å². The average Bonchev–Trinajstić information content (AvgIpc) is 2.00. The van der Waals surface area contributed by atoms with Crippen LogP contribution in [0.2, 0.25) is 0 Å². The molecule has 15 heavy (non-hydrogen) atoms. The summed E-state index contributed by atoms with van der Waals surface area (Å²) in [7, 11) is 1.99. The summed E-state index contributed by atoms with van der Waals surface area (Å²) in [5.74, 6) is 0.542. The first-order valence-corrected chi connectivity index (χ1v) is 5.74. The van der Waals surface area contributed by atoms with Crippen LogP contribution in [0.3, 0.4) is 0 Å². The summed E-state index contributed by atoms with van der Waals surface area (Å²) in [5, 5.41) is 3.32. The number of rotatable bonds is 6. The predicted molar refractivity (Wildman–Crippen MR) is 65.7 cm³/mol. The maximum Gasteiger partial charge on any atom is 0.111 e. The largest absolute Gasteiger partial charge is 0.359 e. The Labute approximate surface area is 94.8 Å². The van der Waals surface area contributed by atoms with Crippen LogP contribution in [0.15, 0.2) is 0 Å². The maximum atomic E-state index is 5.82. The molecule has 0 fully saturated rings. The van der Waals surface area contributed by atoms with Gasteiger partial charge in [-0.15, -0.1) is 0 Å². The van der Waals surface area contributed by atoms with Crippen LogP contribution in [0.1, 0.15) is 48.0 Å². The van der Waals surface area contributed by atoms with E-state index in [1.54, 1.807) is 0 Å². The maximum absolute atomic E-state index is 5.82. The molecule has 0 heterocycles. The number of hydrogen-bond acceptors (Lipinski definition) is 3. The number of nitrogens with one attached hydrogen (secondary N) is 1. The molecule has 0 rings (SSSR count). The fourth-order valence-electron chi connectivity index (χ4n) is 1.61. The molecule has 2 unspecified atom stereocenters. The Kier molecular flexibility index (Phi) is 5.24. The van der Waals surface area contributed by atoms with E-state index in [0.29, 0.717) is 5.92 Å². The fourth-order valence-corrected chi connectivity index (χ4v) is 1.61. The summed E-state index contributed by atoms with van der Waals surface area (Å²) in [6.07, 6.45) is 1.20. The highest BCUT2D eigenvalue weighted by Crippen LogP contribution is 2.23. The summed E-state index contributed by atoms with van der Waals surface area (Å²) in [6, 6.07) is 0. The van der Waals surface area contributed by atoms with Gasteiger partial charge in [0.15, 0.2) is 0 Å². The fraction of sp³-hybridized carbons (Fsp3) is 1.00. The van der Waals surface area contributed by atoms with Gasteiger partial charge in [-0.25, -0.2) is 0 Å². The molecule has 0 aromatic carbocycles. The van der Waals surface area contributed by atoms with Gasteiger partial charge >= 0.3 is 0 Å². The quantitative estimate of drug-likeness (QED) is 0.669. The molecule has 92 valence electrons. The zero-order valence-electron chi connectivity index (χ0n) is 11.3. The Morgan fingerprint density at radius 2 is 1.67 bits per heavy atom. The van der Waals surface area contributed by atoms with E-state index in [9.17, 15) is 0 Å². The monoisotopic (exact) mass is 216 g/mol. The summed E-state index contributed by atoms with van der Waals surface area (Å²) >= 11 is 0. The van der Waals surface area contributed by atoms with E-state index in [4.69, 9.17) is 10.5 Å². The Balaban J connectivity index is 4.13. The first-order chi connectivity index (χ1) is 6.58. The third kappa shape index (κ3) is 6.13. The molecule has 0 saturated carbocycles. The van der Waals surface area contributed by atoms with Crippen molar-refractivity contribution in [2.24, 2.45) is 11.7 Å². The van der Waals surface area contributed by atoms with Crippen molar-refractivity contribution in [3.63, 3.8) is 0 Å². The van der Waals surface area contributed by atoms with E-state index in [1.165, 1.54) is 0 Å². The molecule has 0 bridgehead atoms. The second kappa shape index (κ2) is 5.28. The molecule has 0 aromatic heterocycles. The Morgan fingerprint density at radius 3 is 2.00 bits per heavy atom. The van der Waals surface area contributed by atoms with Crippen LogP contribution >= 0.6 is 0 Å². The molecule has 3 N–H and O–H groups in total. The smallest absolute Gasteiger partial charge is 0.111 e. The lowest BCUT2D eigenvalue weighted by molar-refractivity contribution is -0.0704. The van der Waals surface area contributed by atoms with Gasteiger partial charge in [0.25, 0.3) is 0 Å². The highest BCUT2D eigenvalue weighted by atomic mass is 16.5. The second-order valence-electron chi connectivity index (χ2n) is 5.64. The first-order valence-electron chi connectivity index (χ1n) is 5.74. The van der Waals surface area contributed by atoms with Gasteiger partial charge in [0.2, 0.25) is 0 Å². The lowest BCUT2D eigenvalue weighted by atomic mass is 9.85.